The molecular weight excluding hydrogens is 331 g/mol. The molecule has 5 heteroatoms. The molecule has 0 atom stereocenters. The molecule has 0 aromatic heterocycles. The quantitative estimate of drug-likeness (QED) is 0.737. The molecule has 0 heterocycles. The van der Waals surface area contributed by atoms with Crippen LogP contribution in [-0.2, 0) is 6.18 Å². The van der Waals surface area contributed by atoms with E-state index in [4.69, 9.17) is 0 Å². The lowest BCUT2D eigenvalue weighted by Crippen LogP contribution is -2.20. The standard InChI is InChI=1S/C15H19BrF3N/c1-10-2-4-11(5-3-10)9-20-14-8-12(15(17,18)19)6-7-13(14)16/h6-8,10-11,20H,2-5,9H2,1H3. The van der Waals surface area contributed by atoms with Gasteiger partial charge in [0.05, 0.1) is 5.56 Å². The average molecular weight is 350 g/mol. The van der Waals surface area contributed by atoms with Gasteiger partial charge in [0.2, 0.25) is 0 Å². The maximum atomic E-state index is 12.7. The topological polar surface area (TPSA) is 12.0 Å². The number of rotatable bonds is 3. The molecule has 0 bridgehead atoms. The monoisotopic (exact) mass is 349 g/mol. The summed E-state index contributed by atoms with van der Waals surface area (Å²) in [7, 11) is 0. The molecule has 0 aliphatic heterocycles. The first-order valence-electron chi connectivity index (χ1n) is 6.97. The van der Waals surface area contributed by atoms with Crippen LogP contribution in [0.4, 0.5) is 18.9 Å². The third-order valence-corrected chi connectivity index (χ3v) is 4.70. The zero-order valence-electron chi connectivity index (χ0n) is 11.4. The maximum Gasteiger partial charge on any atom is 0.416 e. The Morgan fingerprint density at radius 2 is 1.85 bits per heavy atom. The largest absolute Gasteiger partial charge is 0.416 e. The van der Waals surface area contributed by atoms with Gasteiger partial charge in [0.1, 0.15) is 0 Å². The van der Waals surface area contributed by atoms with Crippen LogP contribution in [0.25, 0.3) is 0 Å². The fraction of sp³-hybridized carbons (Fsp3) is 0.600. The number of alkyl halides is 3. The van der Waals surface area contributed by atoms with Crippen LogP contribution in [0, 0.1) is 11.8 Å². The fourth-order valence-electron chi connectivity index (χ4n) is 2.62. The molecule has 112 valence electrons. The molecule has 1 aliphatic carbocycles. The van der Waals surface area contributed by atoms with E-state index >= 15 is 0 Å². The predicted molar refractivity (Wildman–Crippen MR) is 78.8 cm³/mol. The molecule has 1 aromatic rings. The Morgan fingerprint density at radius 1 is 1.20 bits per heavy atom. The van der Waals surface area contributed by atoms with Crippen molar-refractivity contribution < 1.29 is 13.2 Å². The van der Waals surface area contributed by atoms with Gasteiger partial charge in [0.25, 0.3) is 0 Å². The zero-order valence-corrected chi connectivity index (χ0v) is 13.0. The number of anilines is 1. The van der Waals surface area contributed by atoms with Gasteiger partial charge in [-0.05, 0) is 58.8 Å². The Balaban J connectivity index is 1.98. The van der Waals surface area contributed by atoms with Gasteiger partial charge in [-0.25, -0.2) is 0 Å². The summed E-state index contributed by atoms with van der Waals surface area (Å²) >= 11 is 3.30. The van der Waals surface area contributed by atoms with E-state index in [1.165, 1.54) is 25.0 Å². The molecule has 0 saturated heterocycles. The van der Waals surface area contributed by atoms with Crippen LogP contribution in [0.3, 0.4) is 0 Å². The van der Waals surface area contributed by atoms with Gasteiger partial charge in [-0.1, -0.05) is 19.8 Å². The summed E-state index contributed by atoms with van der Waals surface area (Å²) in [6.07, 6.45) is 0.457. The van der Waals surface area contributed by atoms with Crippen LogP contribution < -0.4 is 5.32 Å². The minimum Gasteiger partial charge on any atom is -0.384 e. The molecule has 0 amide bonds. The third kappa shape index (κ3) is 4.14. The summed E-state index contributed by atoms with van der Waals surface area (Å²) in [5, 5.41) is 3.16. The van der Waals surface area contributed by atoms with Crippen molar-refractivity contribution in [3.63, 3.8) is 0 Å². The highest BCUT2D eigenvalue weighted by Crippen LogP contribution is 2.34. The Hall–Kier alpha value is -0.710. The van der Waals surface area contributed by atoms with Crippen molar-refractivity contribution in [2.45, 2.75) is 38.8 Å². The second-order valence-electron chi connectivity index (χ2n) is 5.70. The molecule has 1 aliphatic rings. The van der Waals surface area contributed by atoms with E-state index in [0.29, 0.717) is 16.1 Å². The molecule has 20 heavy (non-hydrogen) atoms. The van der Waals surface area contributed by atoms with Crippen molar-refractivity contribution in [3.8, 4) is 0 Å². The second kappa shape index (κ2) is 6.37. The Labute approximate surface area is 126 Å². The van der Waals surface area contributed by atoms with Crippen LogP contribution >= 0.6 is 15.9 Å². The highest BCUT2D eigenvalue weighted by molar-refractivity contribution is 9.10. The average Bonchev–Trinajstić information content (AvgIpc) is 2.38. The van der Waals surface area contributed by atoms with Crippen LogP contribution in [-0.4, -0.2) is 6.54 Å². The molecule has 1 nitrogen and oxygen atoms in total. The Morgan fingerprint density at radius 3 is 2.45 bits per heavy atom. The van der Waals surface area contributed by atoms with Gasteiger partial charge in [-0.15, -0.1) is 0 Å². The summed E-state index contributed by atoms with van der Waals surface area (Å²) in [5.74, 6) is 1.35. The molecular formula is C15H19BrF3N. The van der Waals surface area contributed by atoms with E-state index in [1.807, 2.05) is 0 Å². The summed E-state index contributed by atoms with van der Waals surface area (Å²) in [4.78, 5) is 0. The highest BCUT2D eigenvalue weighted by atomic mass is 79.9. The van der Waals surface area contributed by atoms with E-state index in [-0.39, 0.29) is 0 Å². The van der Waals surface area contributed by atoms with Crippen LogP contribution in [0.2, 0.25) is 0 Å². The SMILES string of the molecule is CC1CCC(CNc2cc(C(F)(F)F)ccc2Br)CC1. The molecule has 2 rings (SSSR count). The van der Waals surface area contributed by atoms with Crippen molar-refractivity contribution >= 4 is 21.6 Å². The van der Waals surface area contributed by atoms with Gasteiger partial charge in [-0.3, -0.25) is 0 Å². The van der Waals surface area contributed by atoms with Crippen LogP contribution in [0.1, 0.15) is 38.2 Å². The minimum atomic E-state index is -4.29. The van der Waals surface area contributed by atoms with Crippen molar-refractivity contribution in [1.82, 2.24) is 0 Å². The van der Waals surface area contributed by atoms with E-state index in [0.717, 1.165) is 31.4 Å². The molecule has 1 fully saturated rings. The van der Waals surface area contributed by atoms with E-state index in [9.17, 15) is 13.2 Å². The Bertz CT molecular complexity index is 451. The Kier molecular flexibility index (Phi) is 4.99. The second-order valence-corrected chi connectivity index (χ2v) is 6.55. The van der Waals surface area contributed by atoms with Gasteiger partial charge in [0.15, 0.2) is 0 Å². The molecule has 0 radical (unpaired) electrons. The normalized spacial score (nSPS) is 23.6. The molecule has 1 aromatic carbocycles. The summed E-state index contributed by atoms with van der Waals surface area (Å²) < 4.78 is 38.8. The summed E-state index contributed by atoms with van der Waals surface area (Å²) in [6, 6.07) is 3.72. The minimum absolute atomic E-state index is 0.526. The fourth-order valence-corrected chi connectivity index (χ4v) is 3.01. The first-order valence-corrected chi connectivity index (χ1v) is 7.76. The maximum absolute atomic E-state index is 12.7. The van der Waals surface area contributed by atoms with Crippen LogP contribution in [0.5, 0.6) is 0 Å². The van der Waals surface area contributed by atoms with Gasteiger partial charge >= 0.3 is 6.18 Å². The summed E-state index contributed by atoms with van der Waals surface area (Å²) in [5.41, 5.74) is -0.0843. The number of hydrogen-bond acceptors (Lipinski definition) is 1. The number of hydrogen-bond donors (Lipinski definition) is 1. The van der Waals surface area contributed by atoms with Crippen LogP contribution in [0.15, 0.2) is 22.7 Å². The van der Waals surface area contributed by atoms with E-state index in [2.05, 4.69) is 28.2 Å². The number of halogens is 4. The zero-order chi connectivity index (χ0) is 14.8. The molecule has 1 N–H and O–H groups in total. The number of benzene rings is 1. The third-order valence-electron chi connectivity index (χ3n) is 4.01. The van der Waals surface area contributed by atoms with Gasteiger partial charge < -0.3 is 5.32 Å². The van der Waals surface area contributed by atoms with Crippen molar-refractivity contribution in [1.29, 1.82) is 0 Å². The molecule has 1 saturated carbocycles. The lowest BCUT2D eigenvalue weighted by molar-refractivity contribution is -0.137. The summed E-state index contributed by atoms with van der Waals surface area (Å²) in [6.45, 7) is 3.00. The number of nitrogens with one attached hydrogen (secondary N) is 1. The first-order chi connectivity index (χ1) is 9.36. The van der Waals surface area contributed by atoms with Gasteiger partial charge in [-0.2, -0.15) is 13.2 Å². The van der Waals surface area contributed by atoms with E-state index < -0.39 is 11.7 Å². The van der Waals surface area contributed by atoms with E-state index in [1.54, 1.807) is 0 Å². The molecule has 0 unspecified atom stereocenters. The lowest BCUT2D eigenvalue weighted by Gasteiger charge is -2.26. The van der Waals surface area contributed by atoms with Gasteiger partial charge in [0, 0.05) is 16.7 Å². The first kappa shape index (κ1) is 15.7. The molecule has 0 spiro atoms. The lowest BCUT2D eigenvalue weighted by atomic mass is 9.83. The predicted octanol–water partition coefficient (Wildman–Crippen LogP) is 5.71. The smallest absolute Gasteiger partial charge is 0.384 e. The van der Waals surface area contributed by atoms with Crippen molar-refractivity contribution in [2.75, 3.05) is 11.9 Å². The van der Waals surface area contributed by atoms with Crippen molar-refractivity contribution in [2.24, 2.45) is 11.8 Å². The highest BCUT2D eigenvalue weighted by Gasteiger charge is 2.31. The van der Waals surface area contributed by atoms with Crippen molar-refractivity contribution in [3.05, 3.63) is 28.2 Å².